The van der Waals surface area contributed by atoms with E-state index in [4.69, 9.17) is 0 Å². The normalized spacial score (nSPS) is 14.9. The van der Waals surface area contributed by atoms with Crippen LogP contribution in [0.15, 0.2) is 52.3 Å². The summed E-state index contributed by atoms with van der Waals surface area (Å²) in [7, 11) is -3.77. The first kappa shape index (κ1) is 20.8. The molecule has 28 heavy (non-hydrogen) atoms. The van der Waals surface area contributed by atoms with Gasteiger partial charge in [-0.2, -0.15) is 0 Å². The highest BCUT2D eigenvalue weighted by atomic mass is 32.2. The molecule has 1 aliphatic rings. The second kappa shape index (κ2) is 9.07. The van der Waals surface area contributed by atoms with Crippen molar-refractivity contribution in [3.63, 3.8) is 0 Å². The van der Waals surface area contributed by atoms with E-state index < -0.39 is 21.7 Å². The molecule has 1 amide bonds. The first-order valence-electron chi connectivity index (χ1n) is 9.26. The predicted molar refractivity (Wildman–Crippen MR) is 110 cm³/mol. The van der Waals surface area contributed by atoms with E-state index in [-0.39, 0.29) is 17.0 Å². The van der Waals surface area contributed by atoms with Gasteiger partial charge in [-0.3, -0.25) is 4.79 Å². The number of benzene rings is 2. The monoisotopic (exact) mass is 422 g/mol. The lowest BCUT2D eigenvalue weighted by molar-refractivity contribution is 0.102. The summed E-state index contributed by atoms with van der Waals surface area (Å²) in [6.45, 7) is 1.84. The Morgan fingerprint density at radius 2 is 1.82 bits per heavy atom. The molecule has 8 heteroatoms. The van der Waals surface area contributed by atoms with Crippen LogP contribution in [-0.4, -0.2) is 26.1 Å². The van der Waals surface area contributed by atoms with Crippen molar-refractivity contribution in [3.8, 4) is 0 Å². The van der Waals surface area contributed by atoms with Crippen LogP contribution in [0.2, 0.25) is 0 Å². The Balaban J connectivity index is 1.72. The molecule has 150 valence electrons. The lowest BCUT2D eigenvalue weighted by atomic mass is 10.2. The Bertz CT molecular complexity index is 940. The van der Waals surface area contributed by atoms with Gasteiger partial charge in [0.1, 0.15) is 5.82 Å². The van der Waals surface area contributed by atoms with E-state index in [0.29, 0.717) is 10.9 Å². The standard InChI is InChI=1S/C20H23FN2O3S2/c1-2-22-28(25,26)17-11-12-19(21)18(13-17)20(24)23-14-7-9-16(10-8-14)27-15-5-3-4-6-15/h7-13,15,22H,2-6H2,1H3,(H,23,24). The summed E-state index contributed by atoms with van der Waals surface area (Å²) < 4.78 is 40.6. The van der Waals surface area contributed by atoms with E-state index in [1.165, 1.54) is 25.7 Å². The first-order chi connectivity index (χ1) is 13.4. The third-order valence-electron chi connectivity index (χ3n) is 4.54. The SMILES string of the molecule is CCNS(=O)(=O)c1ccc(F)c(C(=O)Nc2ccc(SC3CCCC3)cc2)c1. The molecule has 1 fully saturated rings. The molecule has 2 aromatic rings. The molecule has 0 atom stereocenters. The maximum absolute atomic E-state index is 14.1. The molecule has 0 aliphatic heterocycles. The van der Waals surface area contributed by atoms with Crippen molar-refractivity contribution in [3.05, 3.63) is 53.8 Å². The van der Waals surface area contributed by atoms with Crippen molar-refractivity contribution in [2.45, 2.75) is 47.6 Å². The quantitative estimate of drug-likeness (QED) is 0.693. The van der Waals surface area contributed by atoms with Gasteiger partial charge in [-0.1, -0.05) is 19.8 Å². The summed E-state index contributed by atoms with van der Waals surface area (Å²) in [6, 6.07) is 10.6. The summed E-state index contributed by atoms with van der Waals surface area (Å²) in [6.07, 6.45) is 5.02. The van der Waals surface area contributed by atoms with Crippen molar-refractivity contribution in [1.29, 1.82) is 0 Å². The van der Waals surface area contributed by atoms with Gasteiger partial charge in [-0.25, -0.2) is 17.5 Å². The molecular formula is C20H23FN2O3S2. The highest BCUT2D eigenvalue weighted by Crippen LogP contribution is 2.35. The molecule has 0 heterocycles. The molecular weight excluding hydrogens is 399 g/mol. The third kappa shape index (κ3) is 5.12. The molecule has 3 rings (SSSR count). The van der Waals surface area contributed by atoms with Crippen molar-refractivity contribution < 1.29 is 17.6 Å². The highest BCUT2D eigenvalue weighted by molar-refractivity contribution is 8.00. The Morgan fingerprint density at radius 1 is 1.14 bits per heavy atom. The smallest absolute Gasteiger partial charge is 0.258 e. The number of hydrogen-bond acceptors (Lipinski definition) is 4. The molecule has 1 aliphatic carbocycles. The second-order valence-corrected chi connectivity index (χ2v) is 9.79. The fourth-order valence-electron chi connectivity index (χ4n) is 3.13. The number of carbonyl (C=O) groups is 1. The van der Waals surface area contributed by atoms with Crippen LogP contribution in [0.3, 0.4) is 0 Å². The van der Waals surface area contributed by atoms with Crippen molar-refractivity contribution in [1.82, 2.24) is 4.72 Å². The number of rotatable bonds is 7. The van der Waals surface area contributed by atoms with Gasteiger partial charge < -0.3 is 5.32 Å². The number of nitrogens with one attached hydrogen (secondary N) is 2. The molecule has 0 spiro atoms. The van der Waals surface area contributed by atoms with E-state index in [0.717, 1.165) is 23.1 Å². The zero-order valence-corrected chi connectivity index (χ0v) is 17.2. The number of halogens is 1. The fourth-order valence-corrected chi connectivity index (χ4v) is 5.45. The number of anilines is 1. The largest absolute Gasteiger partial charge is 0.322 e. The summed E-state index contributed by atoms with van der Waals surface area (Å²) in [5.41, 5.74) is 0.212. The average molecular weight is 423 g/mol. The fraction of sp³-hybridized carbons (Fsp3) is 0.350. The van der Waals surface area contributed by atoms with E-state index in [1.807, 2.05) is 23.9 Å². The van der Waals surface area contributed by atoms with Crippen LogP contribution in [0.1, 0.15) is 43.0 Å². The van der Waals surface area contributed by atoms with E-state index >= 15 is 0 Å². The van der Waals surface area contributed by atoms with Gasteiger partial charge in [0, 0.05) is 22.4 Å². The van der Waals surface area contributed by atoms with Gasteiger partial charge in [0.25, 0.3) is 5.91 Å². The maximum atomic E-state index is 14.1. The van der Waals surface area contributed by atoms with E-state index in [9.17, 15) is 17.6 Å². The third-order valence-corrected chi connectivity index (χ3v) is 7.44. The zero-order valence-electron chi connectivity index (χ0n) is 15.6. The van der Waals surface area contributed by atoms with Crippen LogP contribution >= 0.6 is 11.8 Å². The number of sulfonamides is 1. The first-order valence-corrected chi connectivity index (χ1v) is 11.6. The van der Waals surface area contributed by atoms with Crippen LogP contribution in [0.25, 0.3) is 0 Å². The van der Waals surface area contributed by atoms with Crippen LogP contribution in [0.4, 0.5) is 10.1 Å². The molecule has 2 N–H and O–H groups in total. The van der Waals surface area contributed by atoms with Crippen LogP contribution in [0, 0.1) is 5.82 Å². The molecule has 0 saturated heterocycles. The number of amides is 1. The summed E-state index contributed by atoms with van der Waals surface area (Å²) in [5, 5.41) is 3.28. The summed E-state index contributed by atoms with van der Waals surface area (Å²) in [4.78, 5) is 13.4. The molecule has 5 nitrogen and oxygen atoms in total. The lowest BCUT2D eigenvalue weighted by Gasteiger charge is -2.11. The Morgan fingerprint density at radius 3 is 2.46 bits per heavy atom. The maximum Gasteiger partial charge on any atom is 0.258 e. The molecule has 0 bridgehead atoms. The Kier molecular flexibility index (Phi) is 6.74. The van der Waals surface area contributed by atoms with Gasteiger partial charge in [-0.15, -0.1) is 11.8 Å². The number of hydrogen-bond donors (Lipinski definition) is 2. The van der Waals surface area contributed by atoms with Crippen LogP contribution < -0.4 is 10.0 Å². The van der Waals surface area contributed by atoms with Crippen LogP contribution in [-0.2, 0) is 10.0 Å². The van der Waals surface area contributed by atoms with Crippen molar-refractivity contribution >= 4 is 33.4 Å². The molecule has 0 unspecified atom stereocenters. The Labute approximate surface area is 169 Å². The van der Waals surface area contributed by atoms with E-state index in [1.54, 1.807) is 19.1 Å². The highest BCUT2D eigenvalue weighted by Gasteiger charge is 2.19. The average Bonchev–Trinajstić information content (AvgIpc) is 3.16. The predicted octanol–water partition coefficient (Wildman–Crippen LogP) is 4.41. The second-order valence-electron chi connectivity index (χ2n) is 6.65. The van der Waals surface area contributed by atoms with Gasteiger partial charge in [0.15, 0.2) is 0 Å². The van der Waals surface area contributed by atoms with Gasteiger partial charge in [-0.05, 0) is 55.3 Å². The zero-order chi connectivity index (χ0) is 20.1. The minimum absolute atomic E-state index is 0.149. The minimum Gasteiger partial charge on any atom is -0.322 e. The molecule has 0 aromatic heterocycles. The van der Waals surface area contributed by atoms with Gasteiger partial charge in [0.2, 0.25) is 10.0 Å². The Hall–Kier alpha value is -1.90. The summed E-state index contributed by atoms with van der Waals surface area (Å²) >= 11 is 1.84. The molecule has 0 radical (unpaired) electrons. The number of carbonyl (C=O) groups excluding carboxylic acids is 1. The van der Waals surface area contributed by atoms with Gasteiger partial charge >= 0.3 is 0 Å². The van der Waals surface area contributed by atoms with Crippen molar-refractivity contribution in [2.75, 3.05) is 11.9 Å². The van der Waals surface area contributed by atoms with Crippen molar-refractivity contribution in [2.24, 2.45) is 0 Å². The minimum atomic E-state index is -3.77. The number of thioether (sulfide) groups is 1. The molecule has 2 aromatic carbocycles. The van der Waals surface area contributed by atoms with Crippen LogP contribution in [0.5, 0.6) is 0 Å². The molecule has 1 saturated carbocycles. The lowest BCUT2D eigenvalue weighted by Crippen LogP contribution is -2.24. The summed E-state index contributed by atoms with van der Waals surface area (Å²) in [5.74, 6) is -1.47. The van der Waals surface area contributed by atoms with Gasteiger partial charge in [0.05, 0.1) is 10.5 Å². The van der Waals surface area contributed by atoms with E-state index in [2.05, 4.69) is 10.0 Å². The topological polar surface area (TPSA) is 75.3 Å².